The van der Waals surface area contributed by atoms with Gasteiger partial charge in [0, 0.05) is 13.1 Å². The van der Waals surface area contributed by atoms with Crippen LogP contribution in [-0.2, 0) is 27.3 Å². The Balaban J connectivity index is 1.38. The largest absolute Gasteiger partial charge is 0.465 e. The van der Waals surface area contributed by atoms with Crippen molar-refractivity contribution < 1.29 is 19.1 Å². The van der Waals surface area contributed by atoms with Crippen LogP contribution in [0.1, 0.15) is 30.4 Å². The number of carbonyl (C=O) groups excluding carboxylic acids is 2. The molecule has 2 aromatic carbocycles. The van der Waals surface area contributed by atoms with Gasteiger partial charge >= 0.3 is 12.1 Å². The molecule has 1 aliphatic heterocycles. The maximum atomic E-state index is 12.4. The third-order valence-corrected chi connectivity index (χ3v) is 4.91. The van der Waals surface area contributed by atoms with Crippen LogP contribution in [0.3, 0.4) is 0 Å². The molecule has 3 rings (SSSR count). The molecule has 1 fully saturated rings. The summed E-state index contributed by atoms with van der Waals surface area (Å²) in [6.07, 6.45) is 2.84. The standard InChI is InChI=1S/C23H27NO4/c25-22(27-16-8-13-19-9-3-1-4-10-19)21-14-7-15-24(17-21)23(26)28-18-20-11-5-2-6-12-20/h1-6,9-12,21H,7-8,13-18H2. The van der Waals surface area contributed by atoms with Crippen LogP contribution in [0.15, 0.2) is 60.7 Å². The molecule has 0 aromatic heterocycles. The van der Waals surface area contributed by atoms with E-state index in [0.717, 1.165) is 31.2 Å². The molecule has 1 heterocycles. The molecule has 148 valence electrons. The molecule has 0 radical (unpaired) electrons. The molecule has 1 unspecified atom stereocenters. The van der Waals surface area contributed by atoms with Crippen molar-refractivity contribution >= 4 is 12.1 Å². The summed E-state index contributed by atoms with van der Waals surface area (Å²) in [6, 6.07) is 19.7. The predicted molar refractivity (Wildman–Crippen MR) is 107 cm³/mol. The van der Waals surface area contributed by atoms with Gasteiger partial charge in [0.15, 0.2) is 0 Å². The third kappa shape index (κ3) is 6.12. The Hall–Kier alpha value is -2.82. The molecule has 28 heavy (non-hydrogen) atoms. The Kier molecular flexibility index (Phi) is 7.47. The van der Waals surface area contributed by atoms with Gasteiger partial charge in [0.1, 0.15) is 6.61 Å². The van der Waals surface area contributed by atoms with Crippen LogP contribution in [0, 0.1) is 5.92 Å². The van der Waals surface area contributed by atoms with E-state index in [2.05, 4.69) is 12.1 Å². The molecule has 0 saturated carbocycles. The molecule has 0 spiro atoms. The van der Waals surface area contributed by atoms with Gasteiger partial charge in [-0.15, -0.1) is 0 Å². The van der Waals surface area contributed by atoms with E-state index < -0.39 is 0 Å². The van der Waals surface area contributed by atoms with Gasteiger partial charge in [-0.2, -0.15) is 0 Å². The summed E-state index contributed by atoms with van der Waals surface area (Å²) in [5.74, 6) is -0.483. The summed E-state index contributed by atoms with van der Waals surface area (Å²) in [6.45, 7) is 1.63. The van der Waals surface area contributed by atoms with E-state index in [0.29, 0.717) is 19.7 Å². The maximum Gasteiger partial charge on any atom is 0.410 e. The molecule has 0 N–H and O–H groups in total. The topological polar surface area (TPSA) is 55.8 Å². The summed E-state index contributed by atoms with van der Waals surface area (Å²) in [4.78, 5) is 26.3. The minimum absolute atomic E-state index is 0.214. The van der Waals surface area contributed by atoms with Gasteiger partial charge in [0.05, 0.1) is 12.5 Å². The van der Waals surface area contributed by atoms with E-state index in [4.69, 9.17) is 9.47 Å². The van der Waals surface area contributed by atoms with Crippen LogP contribution in [0.2, 0.25) is 0 Å². The number of rotatable bonds is 7. The van der Waals surface area contributed by atoms with Crippen molar-refractivity contribution in [2.24, 2.45) is 5.92 Å². The highest BCUT2D eigenvalue weighted by Gasteiger charge is 2.30. The Labute approximate surface area is 166 Å². The monoisotopic (exact) mass is 381 g/mol. The number of carbonyl (C=O) groups is 2. The summed E-state index contributed by atoms with van der Waals surface area (Å²) >= 11 is 0. The van der Waals surface area contributed by atoms with E-state index >= 15 is 0 Å². The fourth-order valence-corrected chi connectivity index (χ4v) is 3.36. The number of amides is 1. The molecule has 0 bridgehead atoms. The zero-order chi connectivity index (χ0) is 19.6. The molecule has 1 saturated heterocycles. The van der Waals surface area contributed by atoms with Crippen LogP contribution in [0.5, 0.6) is 0 Å². The fraction of sp³-hybridized carbons (Fsp3) is 0.391. The zero-order valence-electron chi connectivity index (χ0n) is 16.1. The summed E-state index contributed by atoms with van der Waals surface area (Å²) in [7, 11) is 0. The minimum Gasteiger partial charge on any atom is -0.465 e. The van der Waals surface area contributed by atoms with Crippen molar-refractivity contribution in [1.29, 1.82) is 0 Å². The van der Waals surface area contributed by atoms with E-state index in [9.17, 15) is 9.59 Å². The first-order chi connectivity index (χ1) is 13.7. The first kappa shape index (κ1) is 19.9. The zero-order valence-corrected chi connectivity index (χ0v) is 16.1. The Morgan fingerprint density at radius 3 is 2.32 bits per heavy atom. The molecule has 1 aliphatic rings. The number of hydrogen-bond donors (Lipinski definition) is 0. The molecular formula is C23H27NO4. The first-order valence-corrected chi connectivity index (χ1v) is 9.88. The maximum absolute atomic E-state index is 12.4. The highest BCUT2D eigenvalue weighted by Crippen LogP contribution is 2.19. The highest BCUT2D eigenvalue weighted by molar-refractivity contribution is 5.74. The van der Waals surface area contributed by atoms with Crippen molar-refractivity contribution in [2.75, 3.05) is 19.7 Å². The number of hydrogen-bond acceptors (Lipinski definition) is 4. The summed E-state index contributed by atoms with van der Waals surface area (Å²) < 4.78 is 10.8. The van der Waals surface area contributed by atoms with Crippen LogP contribution >= 0.6 is 0 Å². The van der Waals surface area contributed by atoms with E-state index in [1.807, 2.05) is 48.5 Å². The van der Waals surface area contributed by atoms with Crippen LogP contribution < -0.4 is 0 Å². The number of benzene rings is 2. The first-order valence-electron chi connectivity index (χ1n) is 9.88. The predicted octanol–water partition coefficient (Wildman–Crippen LogP) is 4.21. The lowest BCUT2D eigenvalue weighted by molar-refractivity contribution is -0.150. The van der Waals surface area contributed by atoms with Crippen molar-refractivity contribution in [3.05, 3.63) is 71.8 Å². The Morgan fingerprint density at radius 1 is 0.929 bits per heavy atom. The molecule has 0 aliphatic carbocycles. The van der Waals surface area contributed by atoms with E-state index in [1.54, 1.807) is 4.90 Å². The number of ether oxygens (including phenoxy) is 2. The molecule has 2 aromatic rings. The van der Waals surface area contributed by atoms with Crippen molar-refractivity contribution in [3.8, 4) is 0 Å². The van der Waals surface area contributed by atoms with Crippen LogP contribution in [0.4, 0.5) is 4.79 Å². The lowest BCUT2D eigenvalue weighted by atomic mass is 9.98. The van der Waals surface area contributed by atoms with Gasteiger partial charge in [-0.05, 0) is 36.8 Å². The number of aryl methyl sites for hydroxylation is 1. The Morgan fingerprint density at radius 2 is 1.61 bits per heavy atom. The van der Waals surface area contributed by atoms with Crippen LogP contribution in [0.25, 0.3) is 0 Å². The van der Waals surface area contributed by atoms with Gasteiger partial charge in [-0.25, -0.2) is 4.79 Å². The number of nitrogens with zero attached hydrogens (tertiary/aromatic N) is 1. The second kappa shape index (κ2) is 10.5. The SMILES string of the molecule is O=C(OCCCc1ccccc1)C1CCCN(C(=O)OCc2ccccc2)C1. The molecule has 5 heteroatoms. The van der Waals surface area contributed by atoms with Crippen molar-refractivity contribution in [1.82, 2.24) is 4.90 Å². The van der Waals surface area contributed by atoms with E-state index in [-0.39, 0.29) is 24.6 Å². The lowest BCUT2D eigenvalue weighted by Crippen LogP contribution is -2.43. The fourth-order valence-electron chi connectivity index (χ4n) is 3.36. The average Bonchev–Trinajstić information content (AvgIpc) is 2.76. The second-order valence-corrected chi connectivity index (χ2v) is 7.08. The molecular weight excluding hydrogens is 354 g/mol. The van der Waals surface area contributed by atoms with Crippen molar-refractivity contribution in [3.63, 3.8) is 0 Å². The number of likely N-dealkylation sites (tertiary alicyclic amines) is 1. The smallest absolute Gasteiger partial charge is 0.410 e. The molecule has 5 nitrogen and oxygen atoms in total. The lowest BCUT2D eigenvalue weighted by Gasteiger charge is -2.30. The van der Waals surface area contributed by atoms with Gasteiger partial charge in [0.25, 0.3) is 0 Å². The summed E-state index contributed by atoms with van der Waals surface area (Å²) in [5.41, 5.74) is 2.19. The normalized spacial score (nSPS) is 16.4. The Bertz CT molecular complexity index is 748. The van der Waals surface area contributed by atoms with Gasteiger partial charge < -0.3 is 14.4 Å². The van der Waals surface area contributed by atoms with Gasteiger partial charge in [-0.1, -0.05) is 60.7 Å². The quantitative estimate of drug-likeness (QED) is 0.532. The van der Waals surface area contributed by atoms with Crippen molar-refractivity contribution in [2.45, 2.75) is 32.3 Å². The van der Waals surface area contributed by atoms with Gasteiger partial charge in [0.2, 0.25) is 0 Å². The third-order valence-electron chi connectivity index (χ3n) is 4.91. The number of esters is 1. The van der Waals surface area contributed by atoms with Gasteiger partial charge in [-0.3, -0.25) is 4.79 Å². The second-order valence-electron chi connectivity index (χ2n) is 7.08. The molecule has 1 atom stereocenters. The van der Waals surface area contributed by atoms with E-state index in [1.165, 1.54) is 5.56 Å². The average molecular weight is 381 g/mol. The highest BCUT2D eigenvalue weighted by atomic mass is 16.6. The molecule has 1 amide bonds. The number of piperidine rings is 1. The summed E-state index contributed by atoms with van der Waals surface area (Å²) in [5, 5.41) is 0. The minimum atomic E-state index is -0.370. The van der Waals surface area contributed by atoms with Crippen LogP contribution in [-0.4, -0.2) is 36.7 Å².